The van der Waals surface area contributed by atoms with E-state index in [1.54, 1.807) is 4.90 Å². The molecular weight excluding hydrogens is 604 g/mol. The van der Waals surface area contributed by atoms with Crippen LogP contribution in [0.5, 0.6) is 0 Å². The molecule has 1 saturated carbocycles. The highest BCUT2D eigenvalue weighted by Gasteiger charge is 2.55. The summed E-state index contributed by atoms with van der Waals surface area (Å²) < 4.78 is 85.7. The number of nitrogens with one attached hydrogen (secondary N) is 1. The zero-order valence-electron chi connectivity index (χ0n) is 25.2. The lowest BCUT2D eigenvalue weighted by atomic mass is 9.77. The summed E-state index contributed by atoms with van der Waals surface area (Å²) in [5.41, 5.74) is -6.58. The Morgan fingerprint density at radius 2 is 1.60 bits per heavy atom. The first-order valence-corrected chi connectivity index (χ1v) is 15.6. The van der Waals surface area contributed by atoms with Gasteiger partial charge in [-0.05, 0) is 44.2 Å². The Hall–Kier alpha value is -3.13. The number of piperazine rings is 1. The maximum atomic E-state index is 14.4. The maximum Gasteiger partial charge on any atom is 0.435 e. The Balaban J connectivity index is 1.40. The quantitative estimate of drug-likeness (QED) is 0.373. The highest BCUT2D eigenvalue weighted by Crippen LogP contribution is 2.43. The lowest BCUT2D eigenvalue weighted by Crippen LogP contribution is -2.73. The van der Waals surface area contributed by atoms with Crippen molar-refractivity contribution in [3.8, 4) is 5.69 Å². The molecule has 0 radical (unpaired) electrons. The van der Waals surface area contributed by atoms with Crippen LogP contribution in [0.15, 0.2) is 30.3 Å². The number of para-hydroxylation sites is 1. The number of likely N-dealkylation sites (tertiary alicyclic amines) is 1. The van der Waals surface area contributed by atoms with Gasteiger partial charge in [-0.2, -0.15) is 31.4 Å². The lowest BCUT2D eigenvalue weighted by molar-refractivity contribution is -0.163. The summed E-state index contributed by atoms with van der Waals surface area (Å²) in [6.45, 7) is 1.52. The summed E-state index contributed by atoms with van der Waals surface area (Å²) in [5, 5.41) is 17.3. The Labute approximate surface area is 257 Å². The zero-order chi connectivity index (χ0) is 32.6. The van der Waals surface area contributed by atoms with Crippen LogP contribution in [-0.2, 0) is 28.5 Å². The van der Waals surface area contributed by atoms with Crippen molar-refractivity contribution in [3.05, 3.63) is 47.3 Å². The van der Waals surface area contributed by atoms with Crippen molar-refractivity contribution in [3.63, 3.8) is 0 Å². The molecule has 1 aromatic carbocycles. The van der Waals surface area contributed by atoms with Crippen molar-refractivity contribution in [2.75, 3.05) is 19.6 Å². The second-order valence-corrected chi connectivity index (χ2v) is 12.6. The number of hydrogen-bond donors (Lipinski definition) is 2. The molecule has 248 valence electrons. The molecule has 2 aromatic rings. The number of nitrogens with zero attached hydrogens (tertiary/aromatic N) is 4. The van der Waals surface area contributed by atoms with Gasteiger partial charge in [0.1, 0.15) is 11.6 Å². The van der Waals surface area contributed by atoms with E-state index < -0.39 is 58.9 Å². The van der Waals surface area contributed by atoms with Crippen molar-refractivity contribution in [1.29, 1.82) is 0 Å². The summed E-state index contributed by atoms with van der Waals surface area (Å²) in [6.07, 6.45) is -4.97. The minimum absolute atomic E-state index is 0.0109. The van der Waals surface area contributed by atoms with E-state index in [0.717, 1.165) is 25.7 Å². The van der Waals surface area contributed by atoms with E-state index in [4.69, 9.17) is 0 Å². The van der Waals surface area contributed by atoms with Crippen LogP contribution in [0.4, 0.5) is 26.3 Å². The van der Waals surface area contributed by atoms with Gasteiger partial charge < -0.3 is 15.3 Å². The van der Waals surface area contributed by atoms with Crippen LogP contribution in [0.3, 0.4) is 0 Å². The fourth-order valence-corrected chi connectivity index (χ4v) is 7.13. The number of benzene rings is 1. The third-order valence-electron chi connectivity index (χ3n) is 9.50. The first kappa shape index (κ1) is 33.2. The van der Waals surface area contributed by atoms with Crippen LogP contribution < -0.4 is 5.32 Å². The normalized spacial score (nSPS) is 22.6. The Kier molecular flexibility index (Phi) is 9.29. The molecule has 5 rings (SSSR count). The minimum atomic E-state index is -5.14. The average Bonchev–Trinajstić information content (AvgIpc) is 3.38. The molecule has 14 heteroatoms. The number of carbonyl (C=O) groups is 2. The highest BCUT2D eigenvalue weighted by molar-refractivity contribution is 6.00. The average molecular weight is 644 g/mol. The number of piperidine rings is 1. The number of hydrogen-bond acceptors (Lipinski definition) is 5. The molecule has 0 unspecified atom stereocenters. The maximum absolute atomic E-state index is 14.4. The molecule has 8 nitrogen and oxygen atoms in total. The van der Waals surface area contributed by atoms with Crippen LogP contribution in [0.25, 0.3) is 5.69 Å². The van der Waals surface area contributed by atoms with Crippen molar-refractivity contribution >= 4 is 11.8 Å². The van der Waals surface area contributed by atoms with E-state index in [0.29, 0.717) is 23.9 Å². The molecule has 2 aliphatic heterocycles. The molecule has 2 N–H and O–H groups in total. The number of carbonyl (C=O) groups excluding carboxylic acids is 2. The van der Waals surface area contributed by atoms with Gasteiger partial charge in [-0.3, -0.25) is 14.5 Å². The van der Waals surface area contributed by atoms with Crippen LogP contribution in [0, 0.1) is 0 Å². The molecule has 0 bridgehead atoms. The standard InChI is InChI=1S/C31H39F6N5O3/c1-2-3-16-41-26(43)23(19-28(45)12-8-5-9-13-28)38-27(44)29(41)14-17-40(18-15-29)20-22-24(30(32,33)34)39-42(25(22)31(35,36)37)21-10-6-4-7-11-21/h4,6-7,10-11,23,45H,2-3,5,8-9,12-20H2,1H3,(H,38,44)/t23-/m1/s1. The first-order chi connectivity index (χ1) is 21.2. The van der Waals surface area contributed by atoms with Crippen molar-refractivity contribution in [2.24, 2.45) is 0 Å². The number of alkyl halides is 6. The fraction of sp³-hybridized carbons (Fsp3) is 0.645. The number of aromatic nitrogens is 2. The molecule has 2 amide bonds. The van der Waals surface area contributed by atoms with Gasteiger partial charge in [0.05, 0.1) is 11.3 Å². The predicted octanol–water partition coefficient (Wildman–Crippen LogP) is 5.46. The number of unbranched alkanes of at least 4 members (excludes halogenated alkanes) is 1. The van der Waals surface area contributed by atoms with Gasteiger partial charge >= 0.3 is 12.4 Å². The number of amides is 2. The SMILES string of the molecule is CCCCN1C(=O)[C@@H](CC2(O)CCCCC2)NC(=O)C12CCN(Cc1c(C(F)(F)F)nn(-c3ccccc3)c1C(F)(F)F)CC2. The monoisotopic (exact) mass is 643 g/mol. The van der Waals surface area contributed by atoms with E-state index >= 15 is 0 Å². The zero-order valence-corrected chi connectivity index (χ0v) is 25.2. The van der Waals surface area contributed by atoms with Crippen molar-refractivity contribution < 1.29 is 41.0 Å². The summed E-state index contributed by atoms with van der Waals surface area (Å²) in [4.78, 5) is 30.5. The van der Waals surface area contributed by atoms with Crippen molar-refractivity contribution in [1.82, 2.24) is 24.9 Å². The van der Waals surface area contributed by atoms with E-state index in [9.17, 15) is 41.0 Å². The second-order valence-electron chi connectivity index (χ2n) is 12.6. The summed E-state index contributed by atoms with van der Waals surface area (Å²) in [5.74, 6) is -0.704. The van der Waals surface area contributed by atoms with Gasteiger partial charge in [-0.25, -0.2) is 4.68 Å². The Morgan fingerprint density at radius 1 is 0.956 bits per heavy atom. The Bertz CT molecular complexity index is 1360. The molecule has 3 aliphatic rings. The summed E-state index contributed by atoms with van der Waals surface area (Å²) >= 11 is 0. The lowest BCUT2D eigenvalue weighted by Gasteiger charge is -2.52. The molecule has 3 fully saturated rings. The molecule has 1 aliphatic carbocycles. The highest BCUT2D eigenvalue weighted by atomic mass is 19.4. The van der Waals surface area contributed by atoms with E-state index in [2.05, 4.69) is 10.4 Å². The Morgan fingerprint density at radius 3 is 2.18 bits per heavy atom. The van der Waals surface area contributed by atoms with Gasteiger partial charge in [0.25, 0.3) is 0 Å². The first-order valence-electron chi connectivity index (χ1n) is 15.6. The van der Waals surface area contributed by atoms with Crippen LogP contribution in [0.1, 0.15) is 88.1 Å². The number of aliphatic hydroxyl groups is 1. The van der Waals surface area contributed by atoms with Gasteiger partial charge in [0, 0.05) is 38.2 Å². The fourth-order valence-electron chi connectivity index (χ4n) is 7.13. The second kappa shape index (κ2) is 12.6. The number of halogens is 6. The molecular formula is C31H39F6N5O3. The summed E-state index contributed by atoms with van der Waals surface area (Å²) in [7, 11) is 0. The van der Waals surface area contributed by atoms with Gasteiger partial charge in [0.2, 0.25) is 11.8 Å². The van der Waals surface area contributed by atoms with Gasteiger partial charge in [0.15, 0.2) is 11.4 Å². The molecule has 1 spiro atoms. The van der Waals surface area contributed by atoms with Crippen LogP contribution in [-0.4, -0.2) is 73.3 Å². The molecule has 1 atom stereocenters. The van der Waals surface area contributed by atoms with E-state index in [1.165, 1.54) is 35.2 Å². The van der Waals surface area contributed by atoms with E-state index in [1.807, 2.05) is 6.92 Å². The smallest absolute Gasteiger partial charge is 0.390 e. The number of rotatable bonds is 8. The molecule has 45 heavy (non-hydrogen) atoms. The molecule has 1 aromatic heterocycles. The predicted molar refractivity (Wildman–Crippen MR) is 152 cm³/mol. The topological polar surface area (TPSA) is 90.7 Å². The van der Waals surface area contributed by atoms with Gasteiger partial charge in [-0.15, -0.1) is 0 Å². The third-order valence-corrected chi connectivity index (χ3v) is 9.50. The van der Waals surface area contributed by atoms with Gasteiger partial charge in [-0.1, -0.05) is 50.8 Å². The third kappa shape index (κ3) is 6.72. The van der Waals surface area contributed by atoms with E-state index in [-0.39, 0.29) is 50.5 Å². The summed E-state index contributed by atoms with van der Waals surface area (Å²) in [6, 6.07) is 5.96. The van der Waals surface area contributed by atoms with Crippen LogP contribution >= 0.6 is 0 Å². The molecule has 3 heterocycles. The van der Waals surface area contributed by atoms with Crippen molar-refractivity contribution in [2.45, 2.75) is 107 Å². The van der Waals surface area contributed by atoms with Crippen LogP contribution in [0.2, 0.25) is 0 Å². The molecule has 2 saturated heterocycles. The largest absolute Gasteiger partial charge is 0.435 e. The minimum Gasteiger partial charge on any atom is -0.390 e.